The zero-order valence-electron chi connectivity index (χ0n) is 7.38. The largest absolute Gasteiger partial charge is 0.370 e. The Labute approximate surface area is 70.9 Å². The summed E-state index contributed by atoms with van der Waals surface area (Å²) in [5, 5.41) is 2.71. The third-order valence-corrected chi connectivity index (χ3v) is 1.22. The van der Waals surface area contributed by atoms with Crippen LogP contribution in [0.2, 0.25) is 0 Å². The molecular formula is C6H13N5O. The minimum Gasteiger partial charge on any atom is -0.370 e. The molecule has 1 heterocycles. The summed E-state index contributed by atoms with van der Waals surface area (Å²) >= 11 is 0. The van der Waals surface area contributed by atoms with Crippen LogP contribution in [0.4, 0.5) is 0 Å². The zero-order valence-corrected chi connectivity index (χ0v) is 7.38. The lowest BCUT2D eigenvalue weighted by Gasteiger charge is -2.23. The van der Waals surface area contributed by atoms with E-state index in [9.17, 15) is 0 Å². The first-order valence-electron chi connectivity index (χ1n) is 3.55. The molecule has 1 aliphatic heterocycles. The van der Waals surface area contributed by atoms with Crippen molar-refractivity contribution in [2.24, 2.45) is 15.7 Å². The Morgan fingerprint density at radius 1 is 1.50 bits per heavy atom. The number of rotatable bonds is 1. The molecule has 0 aromatic carbocycles. The molecule has 0 fully saturated rings. The van der Waals surface area contributed by atoms with Gasteiger partial charge in [0.25, 0.3) is 0 Å². The molecule has 0 unspecified atom stereocenters. The molecule has 68 valence electrons. The van der Waals surface area contributed by atoms with Gasteiger partial charge in [-0.25, -0.2) is 15.5 Å². The second-order valence-electron chi connectivity index (χ2n) is 2.88. The van der Waals surface area contributed by atoms with Crippen LogP contribution in [0, 0.1) is 0 Å². The first-order chi connectivity index (χ1) is 5.53. The predicted molar refractivity (Wildman–Crippen MR) is 46.4 cm³/mol. The molecule has 0 saturated heterocycles. The van der Waals surface area contributed by atoms with Crippen molar-refractivity contribution in [3.63, 3.8) is 0 Å². The summed E-state index contributed by atoms with van der Waals surface area (Å²) < 4.78 is 0. The fourth-order valence-corrected chi connectivity index (χ4v) is 0.916. The SMILES string of the molecule is CONC1=NC(C)(C)N=C(N)N1. The van der Waals surface area contributed by atoms with Gasteiger partial charge in [0, 0.05) is 0 Å². The van der Waals surface area contributed by atoms with E-state index < -0.39 is 5.66 Å². The van der Waals surface area contributed by atoms with Crippen LogP contribution in [0.1, 0.15) is 13.8 Å². The molecule has 0 saturated carbocycles. The number of nitrogens with zero attached hydrogens (tertiary/aromatic N) is 2. The number of hydroxylamine groups is 1. The molecule has 0 aromatic rings. The number of nitrogens with one attached hydrogen (secondary N) is 2. The summed E-state index contributed by atoms with van der Waals surface area (Å²) in [6.45, 7) is 3.69. The summed E-state index contributed by atoms with van der Waals surface area (Å²) in [5.74, 6) is 0.796. The minimum absolute atomic E-state index is 0.328. The van der Waals surface area contributed by atoms with Gasteiger partial charge in [0.15, 0.2) is 11.6 Å². The molecular weight excluding hydrogens is 158 g/mol. The van der Waals surface area contributed by atoms with E-state index in [0.29, 0.717) is 11.9 Å². The van der Waals surface area contributed by atoms with Crippen molar-refractivity contribution in [1.29, 1.82) is 0 Å². The van der Waals surface area contributed by atoms with Gasteiger partial charge in [0.2, 0.25) is 5.96 Å². The first kappa shape index (κ1) is 8.79. The molecule has 0 bridgehead atoms. The molecule has 12 heavy (non-hydrogen) atoms. The van der Waals surface area contributed by atoms with Crippen LogP contribution in [0.25, 0.3) is 0 Å². The number of aliphatic imine (C=N–C) groups is 2. The van der Waals surface area contributed by atoms with E-state index in [4.69, 9.17) is 5.73 Å². The summed E-state index contributed by atoms with van der Waals surface area (Å²) in [4.78, 5) is 12.9. The van der Waals surface area contributed by atoms with Crippen LogP contribution in [0.5, 0.6) is 0 Å². The fraction of sp³-hybridized carbons (Fsp3) is 0.667. The molecule has 1 aliphatic rings. The maximum Gasteiger partial charge on any atom is 0.224 e. The Balaban J connectivity index is 2.74. The lowest BCUT2D eigenvalue weighted by Crippen LogP contribution is -2.49. The van der Waals surface area contributed by atoms with Gasteiger partial charge >= 0.3 is 0 Å². The van der Waals surface area contributed by atoms with Gasteiger partial charge < -0.3 is 5.73 Å². The maximum absolute atomic E-state index is 5.49. The van der Waals surface area contributed by atoms with Crippen LogP contribution >= 0.6 is 0 Å². The van der Waals surface area contributed by atoms with E-state index in [1.54, 1.807) is 0 Å². The van der Waals surface area contributed by atoms with Crippen LogP contribution in [0.3, 0.4) is 0 Å². The molecule has 4 N–H and O–H groups in total. The van der Waals surface area contributed by atoms with Gasteiger partial charge in [-0.3, -0.25) is 10.2 Å². The van der Waals surface area contributed by atoms with E-state index >= 15 is 0 Å². The monoisotopic (exact) mass is 171 g/mol. The molecule has 0 spiro atoms. The highest BCUT2D eigenvalue weighted by Crippen LogP contribution is 2.12. The molecule has 6 heteroatoms. The smallest absolute Gasteiger partial charge is 0.224 e. The minimum atomic E-state index is -0.532. The Morgan fingerprint density at radius 2 is 2.17 bits per heavy atom. The normalized spacial score (nSPS) is 20.6. The number of guanidine groups is 2. The third-order valence-electron chi connectivity index (χ3n) is 1.22. The second-order valence-corrected chi connectivity index (χ2v) is 2.88. The van der Waals surface area contributed by atoms with Crippen molar-refractivity contribution >= 4 is 11.9 Å². The van der Waals surface area contributed by atoms with Gasteiger partial charge in [-0.15, -0.1) is 0 Å². The van der Waals surface area contributed by atoms with Crippen molar-refractivity contribution in [3.05, 3.63) is 0 Å². The van der Waals surface area contributed by atoms with Gasteiger partial charge in [-0.2, -0.15) is 0 Å². The average molecular weight is 171 g/mol. The highest BCUT2D eigenvalue weighted by atomic mass is 16.6. The van der Waals surface area contributed by atoms with Gasteiger partial charge in [-0.05, 0) is 13.8 Å². The maximum atomic E-state index is 5.49. The molecule has 6 nitrogen and oxygen atoms in total. The lowest BCUT2D eigenvalue weighted by molar-refractivity contribution is 0.141. The van der Waals surface area contributed by atoms with E-state index in [2.05, 4.69) is 25.6 Å². The van der Waals surface area contributed by atoms with Crippen molar-refractivity contribution in [3.8, 4) is 0 Å². The summed E-state index contributed by atoms with van der Waals surface area (Å²) in [6, 6.07) is 0. The highest BCUT2D eigenvalue weighted by molar-refractivity contribution is 5.99. The van der Waals surface area contributed by atoms with E-state index in [0.717, 1.165) is 0 Å². The lowest BCUT2D eigenvalue weighted by atomic mass is 10.3. The van der Waals surface area contributed by atoms with Crippen molar-refractivity contribution in [1.82, 2.24) is 10.8 Å². The van der Waals surface area contributed by atoms with Crippen LogP contribution in [-0.4, -0.2) is 24.7 Å². The van der Waals surface area contributed by atoms with E-state index in [1.165, 1.54) is 7.11 Å². The number of nitrogens with two attached hydrogens (primary N) is 1. The molecule has 0 amide bonds. The zero-order chi connectivity index (χ0) is 9.19. The van der Waals surface area contributed by atoms with E-state index in [1.807, 2.05) is 13.8 Å². The van der Waals surface area contributed by atoms with E-state index in [-0.39, 0.29) is 0 Å². The first-order valence-corrected chi connectivity index (χ1v) is 3.55. The molecule has 0 radical (unpaired) electrons. The van der Waals surface area contributed by atoms with Gasteiger partial charge in [0.05, 0.1) is 7.11 Å². The van der Waals surface area contributed by atoms with Crippen LogP contribution < -0.4 is 16.5 Å². The standard InChI is InChI=1S/C6H13N5O/c1-6(2)9-4(7)8-5(10-6)11-12-3/h1-3H3,(H4,7,8,9,10,11). The third kappa shape index (κ3) is 2.09. The summed E-state index contributed by atoms with van der Waals surface area (Å²) in [5.41, 5.74) is 7.51. The molecule has 0 aromatic heterocycles. The second kappa shape index (κ2) is 2.98. The Hall–Kier alpha value is -1.30. The Morgan fingerprint density at radius 3 is 2.67 bits per heavy atom. The van der Waals surface area contributed by atoms with Crippen LogP contribution in [0.15, 0.2) is 9.98 Å². The Kier molecular flexibility index (Phi) is 2.18. The quantitative estimate of drug-likeness (QED) is 0.448. The highest BCUT2D eigenvalue weighted by Gasteiger charge is 2.21. The number of hydrogen-bond acceptors (Lipinski definition) is 6. The average Bonchev–Trinajstić information content (AvgIpc) is 1.82. The van der Waals surface area contributed by atoms with Crippen molar-refractivity contribution in [2.45, 2.75) is 19.5 Å². The van der Waals surface area contributed by atoms with Crippen molar-refractivity contribution < 1.29 is 4.84 Å². The summed E-state index contributed by atoms with van der Waals surface area (Å²) in [7, 11) is 1.50. The molecule has 1 rings (SSSR count). The molecule has 0 atom stereocenters. The topological polar surface area (TPSA) is 84.0 Å². The fourth-order valence-electron chi connectivity index (χ4n) is 0.916. The van der Waals surface area contributed by atoms with Crippen LogP contribution in [-0.2, 0) is 4.84 Å². The van der Waals surface area contributed by atoms with Gasteiger partial charge in [0.1, 0.15) is 0 Å². The molecule has 0 aliphatic carbocycles. The number of hydrogen-bond donors (Lipinski definition) is 3. The summed E-state index contributed by atoms with van der Waals surface area (Å²) in [6.07, 6.45) is 0. The Bertz CT molecular complexity index is 232. The van der Waals surface area contributed by atoms with Gasteiger partial charge in [-0.1, -0.05) is 0 Å². The predicted octanol–water partition coefficient (Wildman–Crippen LogP) is -0.853. The van der Waals surface area contributed by atoms with Crippen molar-refractivity contribution in [2.75, 3.05) is 7.11 Å².